The summed E-state index contributed by atoms with van der Waals surface area (Å²) in [6.07, 6.45) is 9.25. The highest BCUT2D eigenvalue weighted by molar-refractivity contribution is 5.91. The van der Waals surface area contributed by atoms with Crippen molar-refractivity contribution in [1.29, 1.82) is 0 Å². The van der Waals surface area contributed by atoms with Crippen LogP contribution in [0.4, 0.5) is 0 Å². The van der Waals surface area contributed by atoms with Gasteiger partial charge in [-0.25, -0.2) is 0 Å². The van der Waals surface area contributed by atoms with E-state index in [4.69, 9.17) is 5.11 Å². The summed E-state index contributed by atoms with van der Waals surface area (Å²) in [7, 11) is 0. The van der Waals surface area contributed by atoms with Crippen LogP contribution >= 0.6 is 0 Å². The molecule has 0 aromatic carbocycles. The molecule has 1 rings (SSSR count). The first kappa shape index (κ1) is 13.4. The van der Waals surface area contributed by atoms with Crippen LogP contribution in [0.3, 0.4) is 0 Å². The van der Waals surface area contributed by atoms with Crippen molar-refractivity contribution < 1.29 is 9.90 Å². The third-order valence-electron chi connectivity index (χ3n) is 2.25. The number of nitrogens with one attached hydrogen (secondary N) is 1. The summed E-state index contributed by atoms with van der Waals surface area (Å²) in [5.41, 5.74) is 0.905. The Morgan fingerprint density at radius 2 is 2.29 bits per heavy atom. The monoisotopic (exact) mass is 234 g/mol. The normalized spacial score (nSPS) is 10.6. The van der Waals surface area contributed by atoms with Crippen LogP contribution in [0.1, 0.15) is 24.8 Å². The molecule has 92 valence electrons. The smallest absolute Gasteiger partial charge is 0.243 e. The predicted molar refractivity (Wildman–Crippen MR) is 67.2 cm³/mol. The Kier molecular flexibility index (Phi) is 6.67. The predicted octanol–water partition coefficient (Wildman–Crippen LogP) is 1.37. The Morgan fingerprint density at radius 3 is 3.00 bits per heavy atom. The van der Waals surface area contributed by atoms with Gasteiger partial charge in [0.25, 0.3) is 0 Å². The molecule has 1 amide bonds. The Bertz CT molecular complexity index is 350. The zero-order valence-corrected chi connectivity index (χ0v) is 9.80. The summed E-state index contributed by atoms with van der Waals surface area (Å²) in [5, 5.41) is 11.4. The Hall–Kier alpha value is -1.68. The number of pyridine rings is 1. The number of aliphatic hydroxyl groups is 1. The minimum Gasteiger partial charge on any atom is -0.396 e. The zero-order valence-electron chi connectivity index (χ0n) is 9.80. The molecule has 0 atom stereocenters. The average Bonchev–Trinajstić information content (AvgIpc) is 2.37. The lowest BCUT2D eigenvalue weighted by molar-refractivity contribution is -0.116. The van der Waals surface area contributed by atoms with Gasteiger partial charge in [0.15, 0.2) is 0 Å². The SMILES string of the molecule is O=C(/C=C/c1cccnc1)NCCCCCO. The number of unbranched alkanes of at least 4 members (excludes halogenated alkanes) is 2. The highest BCUT2D eigenvalue weighted by Crippen LogP contribution is 1.98. The molecule has 1 aromatic heterocycles. The lowest BCUT2D eigenvalue weighted by Gasteiger charge is -2.00. The molecule has 2 N–H and O–H groups in total. The molecule has 0 radical (unpaired) electrons. The molecular formula is C13H18N2O2. The maximum atomic E-state index is 11.4. The highest BCUT2D eigenvalue weighted by Gasteiger charge is 1.94. The number of hydrogen-bond acceptors (Lipinski definition) is 3. The second-order valence-corrected chi connectivity index (χ2v) is 3.69. The van der Waals surface area contributed by atoms with Crippen LogP contribution in [-0.2, 0) is 4.79 Å². The van der Waals surface area contributed by atoms with Crippen LogP contribution in [0.5, 0.6) is 0 Å². The molecule has 0 fully saturated rings. The maximum absolute atomic E-state index is 11.4. The van der Waals surface area contributed by atoms with Crippen LogP contribution in [0, 0.1) is 0 Å². The summed E-state index contributed by atoms with van der Waals surface area (Å²) in [6.45, 7) is 0.866. The number of rotatable bonds is 7. The van der Waals surface area contributed by atoms with E-state index in [9.17, 15) is 4.79 Å². The van der Waals surface area contributed by atoms with Crippen LogP contribution in [-0.4, -0.2) is 29.1 Å². The number of hydrogen-bond donors (Lipinski definition) is 2. The fraction of sp³-hybridized carbons (Fsp3) is 0.385. The van der Waals surface area contributed by atoms with Crippen molar-refractivity contribution in [2.75, 3.05) is 13.2 Å². The van der Waals surface area contributed by atoms with Crippen LogP contribution in [0.2, 0.25) is 0 Å². The van der Waals surface area contributed by atoms with Gasteiger partial charge >= 0.3 is 0 Å². The Morgan fingerprint density at radius 1 is 1.41 bits per heavy atom. The molecule has 0 saturated heterocycles. The molecule has 0 aliphatic heterocycles. The standard InChI is InChI=1S/C13H18N2O2/c16-10-3-1-2-9-15-13(17)7-6-12-5-4-8-14-11-12/h4-8,11,16H,1-3,9-10H2,(H,15,17)/b7-6+. The van der Waals surface area contributed by atoms with Gasteiger partial charge in [-0.15, -0.1) is 0 Å². The van der Waals surface area contributed by atoms with Crippen molar-refractivity contribution in [3.8, 4) is 0 Å². The zero-order chi connectivity index (χ0) is 12.3. The summed E-state index contributed by atoms with van der Waals surface area (Å²) < 4.78 is 0. The summed E-state index contributed by atoms with van der Waals surface area (Å²) in [4.78, 5) is 15.3. The van der Waals surface area contributed by atoms with Crippen molar-refractivity contribution in [2.45, 2.75) is 19.3 Å². The fourth-order valence-corrected chi connectivity index (χ4v) is 1.33. The molecule has 17 heavy (non-hydrogen) atoms. The molecule has 0 aliphatic carbocycles. The third-order valence-corrected chi connectivity index (χ3v) is 2.25. The Labute approximate surface area is 101 Å². The van der Waals surface area contributed by atoms with Gasteiger partial charge in [-0.3, -0.25) is 9.78 Å². The molecule has 0 bridgehead atoms. The van der Waals surface area contributed by atoms with Crippen molar-refractivity contribution in [2.24, 2.45) is 0 Å². The maximum Gasteiger partial charge on any atom is 0.243 e. The van der Waals surface area contributed by atoms with Gasteiger partial charge < -0.3 is 10.4 Å². The second kappa shape index (κ2) is 8.47. The average molecular weight is 234 g/mol. The van der Waals surface area contributed by atoms with E-state index in [1.807, 2.05) is 12.1 Å². The lowest BCUT2D eigenvalue weighted by atomic mass is 10.2. The van der Waals surface area contributed by atoms with Gasteiger partial charge in [0.05, 0.1) is 0 Å². The van der Waals surface area contributed by atoms with Gasteiger partial charge in [0.1, 0.15) is 0 Å². The van der Waals surface area contributed by atoms with Crippen LogP contribution in [0.25, 0.3) is 6.08 Å². The van der Waals surface area contributed by atoms with Gasteiger partial charge in [-0.05, 0) is 37.0 Å². The first-order chi connectivity index (χ1) is 8.33. The number of carbonyl (C=O) groups is 1. The molecule has 0 aliphatic rings. The lowest BCUT2D eigenvalue weighted by Crippen LogP contribution is -2.22. The summed E-state index contributed by atoms with van der Waals surface area (Å²) in [6, 6.07) is 3.71. The Balaban J connectivity index is 2.19. The number of nitrogens with zero attached hydrogens (tertiary/aromatic N) is 1. The van der Waals surface area contributed by atoms with Gasteiger partial charge in [-0.2, -0.15) is 0 Å². The molecule has 1 heterocycles. The van der Waals surface area contributed by atoms with E-state index in [2.05, 4.69) is 10.3 Å². The topological polar surface area (TPSA) is 62.2 Å². The first-order valence-corrected chi connectivity index (χ1v) is 5.80. The largest absolute Gasteiger partial charge is 0.396 e. The minimum atomic E-state index is -0.0992. The second-order valence-electron chi connectivity index (χ2n) is 3.69. The fourth-order valence-electron chi connectivity index (χ4n) is 1.33. The molecule has 0 unspecified atom stereocenters. The quantitative estimate of drug-likeness (QED) is 0.553. The number of carbonyl (C=O) groups excluding carboxylic acids is 1. The van der Waals surface area contributed by atoms with Crippen molar-refractivity contribution in [1.82, 2.24) is 10.3 Å². The van der Waals surface area contributed by atoms with Gasteiger partial charge in [0, 0.05) is 31.6 Å². The van der Waals surface area contributed by atoms with Crippen LogP contribution in [0.15, 0.2) is 30.6 Å². The highest BCUT2D eigenvalue weighted by atomic mass is 16.2. The van der Waals surface area contributed by atoms with E-state index in [1.165, 1.54) is 6.08 Å². The summed E-state index contributed by atoms with van der Waals surface area (Å²) in [5.74, 6) is -0.0992. The van der Waals surface area contributed by atoms with Crippen molar-refractivity contribution in [3.05, 3.63) is 36.2 Å². The van der Waals surface area contributed by atoms with E-state index in [1.54, 1.807) is 18.5 Å². The molecular weight excluding hydrogens is 216 g/mol. The van der Waals surface area contributed by atoms with E-state index in [0.717, 1.165) is 24.8 Å². The van der Waals surface area contributed by atoms with Gasteiger partial charge in [0.2, 0.25) is 5.91 Å². The van der Waals surface area contributed by atoms with E-state index < -0.39 is 0 Å². The molecule has 0 saturated carbocycles. The number of amides is 1. The molecule has 0 spiro atoms. The van der Waals surface area contributed by atoms with Gasteiger partial charge in [-0.1, -0.05) is 6.07 Å². The number of aromatic nitrogens is 1. The van der Waals surface area contributed by atoms with E-state index in [-0.39, 0.29) is 12.5 Å². The molecule has 4 nitrogen and oxygen atoms in total. The van der Waals surface area contributed by atoms with Crippen molar-refractivity contribution in [3.63, 3.8) is 0 Å². The minimum absolute atomic E-state index is 0.0992. The molecule has 4 heteroatoms. The number of aliphatic hydroxyl groups excluding tert-OH is 1. The van der Waals surface area contributed by atoms with E-state index in [0.29, 0.717) is 6.54 Å². The summed E-state index contributed by atoms with van der Waals surface area (Å²) >= 11 is 0. The van der Waals surface area contributed by atoms with E-state index >= 15 is 0 Å². The molecule has 1 aromatic rings. The van der Waals surface area contributed by atoms with Crippen LogP contribution < -0.4 is 5.32 Å². The first-order valence-electron chi connectivity index (χ1n) is 5.80. The third kappa shape index (κ3) is 6.48. The van der Waals surface area contributed by atoms with Crippen molar-refractivity contribution >= 4 is 12.0 Å².